The largest absolute Gasteiger partial charge is 0.490 e. The summed E-state index contributed by atoms with van der Waals surface area (Å²) in [5.41, 5.74) is 1.04. The number of rotatable bonds is 1. The molecule has 0 aliphatic heterocycles. The lowest BCUT2D eigenvalue weighted by Crippen LogP contribution is -2.31. The van der Waals surface area contributed by atoms with Crippen LogP contribution in [0.15, 0.2) is 30.5 Å². The first-order chi connectivity index (χ1) is 6.29. The average Bonchev–Trinajstić information content (AvgIpc) is 2.17. The molecule has 0 aliphatic carbocycles. The first-order valence-corrected chi connectivity index (χ1v) is 3.85. The predicted molar refractivity (Wildman–Crippen MR) is 49.4 cm³/mol. The van der Waals surface area contributed by atoms with Gasteiger partial charge in [-0.3, -0.25) is 0 Å². The molecule has 0 fully saturated rings. The minimum absolute atomic E-state index is 0.380. The quantitative estimate of drug-likeness (QED) is 0.561. The fourth-order valence-electron chi connectivity index (χ4n) is 1.23. The molecule has 0 saturated heterocycles. The van der Waals surface area contributed by atoms with Crippen molar-refractivity contribution in [3.63, 3.8) is 0 Å². The zero-order chi connectivity index (χ0) is 9.26. The highest BCUT2D eigenvalue weighted by Crippen LogP contribution is 2.06. The molecule has 0 radical (unpaired) electrons. The van der Waals surface area contributed by atoms with Crippen LogP contribution in [0.1, 0.15) is 0 Å². The van der Waals surface area contributed by atoms with Gasteiger partial charge in [-0.1, -0.05) is 18.2 Å². The average molecular weight is 174 g/mol. The molecule has 0 unspecified atom stereocenters. The summed E-state index contributed by atoms with van der Waals surface area (Å²) in [5.74, 6) is 0. The molecular formula is C8H7BN2O2. The van der Waals surface area contributed by atoms with Crippen molar-refractivity contribution in [1.29, 1.82) is 0 Å². The smallest absolute Gasteiger partial charge is 0.423 e. The zero-order valence-corrected chi connectivity index (χ0v) is 6.75. The van der Waals surface area contributed by atoms with Gasteiger partial charge in [-0.05, 0) is 6.07 Å². The summed E-state index contributed by atoms with van der Waals surface area (Å²) in [6.07, 6.45) is 1.35. The Kier molecular flexibility index (Phi) is 1.96. The highest BCUT2D eigenvalue weighted by atomic mass is 16.4. The molecule has 1 aromatic heterocycles. The van der Waals surface area contributed by atoms with Gasteiger partial charge in [0.2, 0.25) is 0 Å². The molecule has 2 N–H and O–H groups in total. The lowest BCUT2D eigenvalue weighted by molar-refractivity contribution is 0.426. The van der Waals surface area contributed by atoms with Crippen LogP contribution in [0.4, 0.5) is 0 Å². The maximum Gasteiger partial charge on any atom is 0.490 e. The molecule has 0 atom stereocenters. The van der Waals surface area contributed by atoms with Gasteiger partial charge in [0, 0.05) is 10.8 Å². The van der Waals surface area contributed by atoms with Gasteiger partial charge in [-0.2, -0.15) is 10.2 Å². The maximum absolute atomic E-state index is 9.01. The Bertz CT molecular complexity index is 428. The molecule has 0 saturated carbocycles. The molecule has 13 heavy (non-hydrogen) atoms. The van der Waals surface area contributed by atoms with Gasteiger partial charge in [0.05, 0.1) is 11.7 Å². The van der Waals surface area contributed by atoms with Crippen molar-refractivity contribution in [3.8, 4) is 0 Å². The van der Waals surface area contributed by atoms with Crippen molar-refractivity contribution in [2.24, 2.45) is 0 Å². The summed E-state index contributed by atoms with van der Waals surface area (Å²) in [6.45, 7) is 0. The highest BCUT2D eigenvalue weighted by Gasteiger charge is 2.14. The SMILES string of the molecule is OB(O)c1cnnc2ccccc12. The number of benzene rings is 1. The van der Waals surface area contributed by atoms with Crippen LogP contribution in [0.5, 0.6) is 0 Å². The molecule has 2 aromatic rings. The van der Waals surface area contributed by atoms with Crippen LogP contribution in [0.2, 0.25) is 0 Å². The lowest BCUT2D eigenvalue weighted by Gasteiger charge is -2.02. The van der Waals surface area contributed by atoms with Gasteiger partial charge < -0.3 is 10.0 Å². The first-order valence-electron chi connectivity index (χ1n) is 3.85. The number of hydrogen-bond acceptors (Lipinski definition) is 4. The van der Waals surface area contributed by atoms with E-state index in [0.717, 1.165) is 0 Å². The molecule has 0 spiro atoms. The Balaban J connectivity index is 2.76. The van der Waals surface area contributed by atoms with Gasteiger partial charge in [0.15, 0.2) is 0 Å². The van der Waals surface area contributed by atoms with E-state index < -0.39 is 7.12 Å². The second kappa shape index (κ2) is 3.12. The Morgan fingerprint density at radius 1 is 1.15 bits per heavy atom. The van der Waals surface area contributed by atoms with E-state index in [9.17, 15) is 0 Å². The van der Waals surface area contributed by atoms with Gasteiger partial charge in [0.25, 0.3) is 0 Å². The van der Waals surface area contributed by atoms with E-state index in [1.807, 2.05) is 12.1 Å². The molecule has 0 amide bonds. The van der Waals surface area contributed by atoms with Crippen molar-refractivity contribution >= 4 is 23.5 Å². The molecule has 2 rings (SSSR count). The molecule has 1 aromatic carbocycles. The summed E-state index contributed by atoms with van der Waals surface area (Å²) in [5, 5.41) is 26.3. The van der Waals surface area contributed by atoms with Crippen molar-refractivity contribution in [2.45, 2.75) is 0 Å². The fraction of sp³-hybridized carbons (Fsp3) is 0. The minimum atomic E-state index is -1.50. The molecule has 0 bridgehead atoms. The molecule has 64 valence electrons. The Hall–Kier alpha value is -1.46. The van der Waals surface area contributed by atoms with E-state index in [1.54, 1.807) is 12.1 Å². The second-order valence-corrected chi connectivity index (χ2v) is 2.69. The van der Waals surface area contributed by atoms with Gasteiger partial charge >= 0.3 is 7.12 Å². The molecule has 5 heteroatoms. The van der Waals surface area contributed by atoms with E-state index >= 15 is 0 Å². The minimum Gasteiger partial charge on any atom is -0.423 e. The monoisotopic (exact) mass is 174 g/mol. The Labute approximate surface area is 75.0 Å². The van der Waals surface area contributed by atoms with E-state index in [1.165, 1.54) is 6.20 Å². The number of nitrogens with zero attached hydrogens (tertiary/aromatic N) is 2. The predicted octanol–water partition coefficient (Wildman–Crippen LogP) is -0.690. The summed E-state index contributed by atoms with van der Waals surface area (Å²) in [6, 6.07) is 7.19. The van der Waals surface area contributed by atoms with Crippen molar-refractivity contribution in [2.75, 3.05) is 0 Å². The number of aromatic nitrogens is 2. The van der Waals surface area contributed by atoms with Crippen LogP contribution in [-0.2, 0) is 0 Å². The normalized spacial score (nSPS) is 10.3. The van der Waals surface area contributed by atoms with Gasteiger partial charge in [-0.25, -0.2) is 0 Å². The maximum atomic E-state index is 9.01. The first kappa shape index (κ1) is 8.16. The summed E-state index contributed by atoms with van der Waals surface area (Å²) in [7, 11) is -1.50. The molecular weight excluding hydrogens is 167 g/mol. The zero-order valence-electron chi connectivity index (χ0n) is 6.75. The molecule has 0 aliphatic rings. The topological polar surface area (TPSA) is 66.2 Å². The van der Waals surface area contributed by atoms with Crippen molar-refractivity contribution < 1.29 is 10.0 Å². The van der Waals surface area contributed by atoms with Crippen molar-refractivity contribution in [3.05, 3.63) is 30.5 Å². The Morgan fingerprint density at radius 3 is 2.69 bits per heavy atom. The van der Waals surface area contributed by atoms with E-state index in [-0.39, 0.29) is 0 Å². The molecule has 1 heterocycles. The highest BCUT2D eigenvalue weighted by molar-refractivity contribution is 6.61. The van der Waals surface area contributed by atoms with Gasteiger partial charge in [-0.15, -0.1) is 0 Å². The summed E-state index contributed by atoms with van der Waals surface area (Å²) in [4.78, 5) is 0. The summed E-state index contributed by atoms with van der Waals surface area (Å²) < 4.78 is 0. The molecule has 4 nitrogen and oxygen atoms in total. The second-order valence-electron chi connectivity index (χ2n) is 2.69. The Morgan fingerprint density at radius 2 is 1.92 bits per heavy atom. The van der Waals surface area contributed by atoms with Crippen LogP contribution in [0.25, 0.3) is 10.9 Å². The standard InChI is InChI=1S/C8H7BN2O2/c12-9(13)7-5-10-11-8-4-2-1-3-6(7)8/h1-5,12-13H. The van der Waals surface area contributed by atoms with E-state index in [2.05, 4.69) is 10.2 Å². The van der Waals surface area contributed by atoms with Crippen LogP contribution >= 0.6 is 0 Å². The number of hydrogen-bond donors (Lipinski definition) is 2. The summed E-state index contributed by atoms with van der Waals surface area (Å²) >= 11 is 0. The third-order valence-corrected chi connectivity index (χ3v) is 1.86. The number of fused-ring (bicyclic) bond motifs is 1. The van der Waals surface area contributed by atoms with Crippen LogP contribution in [0.3, 0.4) is 0 Å². The van der Waals surface area contributed by atoms with Crippen LogP contribution in [-0.4, -0.2) is 27.4 Å². The van der Waals surface area contributed by atoms with Crippen LogP contribution < -0.4 is 5.46 Å². The third-order valence-electron chi connectivity index (χ3n) is 1.86. The third kappa shape index (κ3) is 1.39. The van der Waals surface area contributed by atoms with Gasteiger partial charge in [0.1, 0.15) is 0 Å². The fourth-order valence-corrected chi connectivity index (χ4v) is 1.23. The van der Waals surface area contributed by atoms with E-state index in [4.69, 9.17) is 10.0 Å². The van der Waals surface area contributed by atoms with Crippen molar-refractivity contribution in [1.82, 2.24) is 10.2 Å². The van der Waals surface area contributed by atoms with E-state index in [0.29, 0.717) is 16.4 Å². The lowest BCUT2D eigenvalue weighted by atomic mass is 9.79. The van der Waals surface area contributed by atoms with Crippen LogP contribution in [0, 0.1) is 0 Å².